The zero-order valence-electron chi connectivity index (χ0n) is 19.7. The van der Waals surface area contributed by atoms with Crippen molar-refractivity contribution >= 4 is 39.8 Å². The largest absolute Gasteiger partial charge is 0.468 e. The molecule has 0 bridgehead atoms. The van der Waals surface area contributed by atoms with E-state index in [2.05, 4.69) is 15.3 Å². The van der Waals surface area contributed by atoms with Crippen LogP contribution in [0.25, 0.3) is 11.3 Å². The van der Waals surface area contributed by atoms with Crippen LogP contribution in [0.5, 0.6) is 0 Å². The molecule has 0 spiro atoms. The maximum atomic E-state index is 13.7. The van der Waals surface area contributed by atoms with Gasteiger partial charge in [0.1, 0.15) is 11.7 Å². The molecule has 0 saturated heterocycles. The molecule has 1 aliphatic heterocycles. The minimum absolute atomic E-state index is 0.294. The smallest absolute Gasteiger partial charge is 0.336 e. The first-order valence-electron chi connectivity index (χ1n) is 10.8. The number of benzene rings is 2. The van der Waals surface area contributed by atoms with Gasteiger partial charge in [-0.3, -0.25) is 9.79 Å². The molecule has 2 aromatic carbocycles. The number of nitrogens with one attached hydrogen (secondary N) is 1. The van der Waals surface area contributed by atoms with E-state index in [-0.39, 0.29) is 5.82 Å². The van der Waals surface area contributed by atoms with Crippen molar-refractivity contribution in [3.63, 3.8) is 0 Å². The van der Waals surface area contributed by atoms with Gasteiger partial charge in [0.2, 0.25) is 0 Å². The molecule has 1 aliphatic rings. The Morgan fingerprint density at radius 2 is 1.83 bits per heavy atom. The van der Waals surface area contributed by atoms with Crippen LogP contribution in [0, 0.1) is 11.7 Å². The van der Waals surface area contributed by atoms with Crippen molar-refractivity contribution in [3.8, 4) is 11.3 Å². The highest BCUT2D eigenvalue weighted by Crippen LogP contribution is 2.43. The fraction of sp³-hybridized carbons (Fsp3) is 0.231. The molecular weight excluding hydrogens is 469 g/mol. The van der Waals surface area contributed by atoms with Gasteiger partial charge in [-0.1, -0.05) is 30.3 Å². The second kappa shape index (κ2) is 10.2. The number of rotatable bonds is 6. The summed E-state index contributed by atoms with van der Waals surface area (Å²) in [5.74, 6) is -2.88. The van der Waals surface area contributed by atoms with Crippen LogP contribution in [0.2, 0.25) is 0 Å². The van der Waals surface area contributed by atoms with Gasteiger partial charge in [-0.05, 0) is 37.6 Å². The normalized spacial score (nSPS) is 17.6. The van der Waals surface area contributed by atoms with Gasteiger partial charge in [0.05, 0.1) is 25.5 Å². The van der Waals surface area contributed by atoms with Crippen LogP contribution in [0.1, 0.15) is 25.3 Å². The first-order valence-corrected chi connectivity index (χ1v) is 11.7. The molecule has 2 heterocycles. The Morgan fingerprint density at radius 1 is 1.06 bits per heavy atom. The Bertz CT molecular complexity index is 1350. The van der Waals surface area contributed by atoms with Crippen LogP contribution >= 0.6 is 11.3 Å². The summed E-state index contributed by atoms with van der Waals surface area (Å²) in [4.78, 5) is 34.7. The molecule has 9 heteroatoms. The highest BCUT2D eigenvalue weighted by Gasteiger charge is 2.43. The number of anilines is 2. The molecule has 0 fully saturated rings. The van der Waals surface area contributed by atoms with E-state index in [1.165, 1.54) is 37.7 Å². The van der Waals surface area contributed by atoms with Crippen molar-refractivity contribution in [1.29, 1.82) is 0 Å². The number of aliphatic imine (C=N–C) groups is 1. The second-order valence-electron chi connectivity index (χ2n) is 7.98. The SMILES string of the molecule is COC(=O)C1=C(C)N=C(C)C(C(=O)OC)C1c1ccccc1Nc1nc(-c2cccc(F)c2)cs1. The lowest BCUT2D eigenvalue weighted by molar-refractivity contribution is -0.143. The summed E-state index contributed by atoms with van der Waals surface area (Å²) >= 11 is 1.36. The number of methoxy groups -OCH3 is 2. The van der Waals surface area contributed by atoms with Crippen molar-refractivity contribution in [3.05, 3.63) is 76.6 Å². The summed E-state index contributed by atoms with van der Waals surface area (Å²) in [7, 11) is 2.61. The zero-order valence-corrected chi connectivity index (χ0v) is 20.5. The van der Waals surface area contributed by atoms with E-state index >= 15 is 0 Å². The highest BCUT2D eigenvalue weighted by atomic mass is 32.1. The topological polar surface area (TPSA) is 89.9 Å². The van der Waals surface area contributed by atoms with E-state index in [4.69, 9.17) is 9.47 Å². The monoisotopic (exact) mass is 493 g/mol. The van der Waals surface area contributed by atoms with E-state index in [1.54, 1.807) is 26.0 Å². The van der Waals surface area contributed by atoms with Crippen LogP contribution in [0.4, 0.5) is 15.2 Å². The van der Waals surface area contributed by atoms with Gasteiger partial charge in [0, 0.05) is 34.0 Å². The summed E-state index contributed by atoms with van der Waals surface area (Å²) in [5, 5.41) is 5.71. The van der Waals surface area contributed by atoms with Crippen molar-refractivity contribution < 1.29 is 23.5 Å². The van der Waals surface area contributed by atoms with Crippen LogP contribution in [-0.2, 0) is 19.1 Å². The summed E-state index contributed by atoms with van der Waals surface area (Å²) in [6.45, 7) is 3.46. The number of hydrogen-bond acceptors (Lipinski definition) is 8. The molecule has 180 valence electrons. The van der Waals surface area contributed by atoms with Gasteiger partial charge >= 0.3 is 11.9 Å². The Balaban J connectivity index is 1.77. The number of carbonyl (C=O) groups is 2. The van der Waals surface area contributed by atoms with Crippen molar-refractivity contribution in [2.75, 3.05) is 19.5 Å². The van der Waals surface area contributed by atoms with Gasteiger partial charge in [0.25, 0.3) is 0 Å². The molecular formula is C26H24FN3O4S. The molecule has 4 rings (SSSR count). The van der Waals surface area contributed by atoms with E-state index in [1.807, 2.05) is 29.6 Å². The van der Waals surface area contributed by atoms with Crippen LogP contribution in [0.3, 0.4) is 0 Å². The number of ether oxygens (including phenoxy) is 2. The van der Waals surface area contributed by atoms with E-state index < -0.39 is 23.8 Å². The maximum absolute atomic E-state index is 13.7. The Kier molecular flexibility index (Phi) is 7.07. The third kappa shape index (κ3) is 4.85. The third-order valence-corrected chi connectivity index (χ3v) is 6.61. The van der Waals surface area contributed by atoms with Gasteiger partial charge < -0.3 is 14.8 Å². The molecule has 35 heavy (non-hydrogen) atoms. The highest BCUT2D eigenvalue weighted by molar-refractivity contribution is 7.14. The molecule has 0 aliphatic carbocycles. The van der Waals surface area contributed by atoms with Crippen molar-refractivity contribution in [2.45, 2.75) is 19.8 Å². The van der Waals surface area contributed by atoms with Crippen LogP contribution < -0.4 is 5.32 Å². The predicted octanol–water partition coefficient (Wildman–Crippen LogP) is 5.49. The zero-order chi connectivity index (χ0) is 25.1. The molecule has 1 aromatic heterocycles. The molecule has 2 atom stereocenters. The van der Waals surface area contributed by atoms with E-state index in [9.17, 15) is 14.0 Å². The van der Waals surface area contributed by atoms with Gasteiger partial charge in [0.15, 0.2) is 5.13 Å². The summed E-state index contributed by atoms with van der Waals surface area (Å²) in [6.07, 6.45) is 0. The van der Waals surface area contributed by atoms with Crippen molar-refractivity contribution in [2.24, 2.45) is 10.9 Å². The van der Waals surface area contributed by atoms with Gasteiger partial charge in [-0.2, -0.15) is 0 Å². The summed E-state index contributed by atoms with van der Waals surface area (Å²) in [6, 6.07) is 13.6. The number of esters is 2. The molecule has 7 nitrogen and oxygen atoms in total. The molecule has 0 radical (unpaired) electrons. The minimum atomic E-state index is -0.806. The minimum Gasteiger partial charge on any atom is -0.468 e. The first-order chi connectivity index (χ1) is 16.8. The van der Waals surface area contributed by atoms with Crippen molar-refractivity contribution in [1.82, 2.24) is 4.98 Å². The van der Waals surface area contributed by atoms with Gasteiger partial charge in [-0.25, -0.2) is 14.2 Å². The Morgan fingerprint density at radius 3 is 2.54 bits per heavy atom. The molecule has 3 aromatic rings. The fourth-order valence-corrected chi connectivity index (χ4v) is 5.02. The summed E-state index contributed by atoms with van der Waals surface area (Å²) in [5.41, 5.74) is 3.98. The first kappa shape index (κ1) is 24.3. The van der Waals surface area contributed by atoms with Gasteiger partial charge in [-0.15, -0.1) is 11.3 Å². The van der Waals surface area contributed by atoms with E-state index in [0.29, 0.717) is 44.6 Å². The average Bonchev–Trinajstić information content (AvgIpc) is 3.31. The maximum Gasteiger partial charge on any atom is 0.336 e. The number of aromatic nitrogens is 1. The third-order valence-electron chi connectivity index (χ3n) is 5.85. The standard InChI is InChI=1S/C26H24FN3O4S/c1-14-21(24(31)33-3)23(22(15(2)28-14)25(32)34-4)18-10-5-6-11-19(18)29-26-30-20(13-35-26)16-8-7-9-17(27)12-16/h5-13,21,23H,1-4H3,(H,29,30). The van der Waals surface area contributed by atoms with Crippen LogP contribution in [0.15, 0.2) is 70.2 Å². The number of carbonyl (C=O) groups excluding carboxylic acids is 2. The molecule has 0 saturated carbocycles. The predicted molar refractivity (Wildman–Crippen MR) is 133 cm³/mol. The number of halogens is 1. The number of hydrogen-bond donors (Lipinski definition) is 1. The average molecular weight is 494 g/mol. The molecule has 1 N–H and O–H groups in total. The lowest BCUT2D eigenvalue weighted by atomic mass is 9.75. The number of allylic oxidation sites excluding steroid dienone is 1. The quantitative estimate of drug-likeness (QED) is 0.457. The molecule has 2 unspecified atom stereocenters. The Hall–Kier alpha value is -3.85. The van der Waals surface area contributed by atoms with Crippen LogP contribution in [-0.4, -0.2) is 36.9 Å². The number of para-hydroxylation sites is 1. The molecule has 0 amide bonds. The fourth-order valence-electron chi connectivity index (χ4n) is 4.29. The van der Waals surface area contributed by atoms with E-state index in [0.717, 1.165) is 0 Å². The number of nitrogens with zero attached hydrogens (tertiary/aromatic N) is 2. The second-order valence-corrected chi connectivity index (χ2v) is 8.84. The lowest BCUT2D eigenvalue weighted by Crippen LogP contribution is -2.36. The number of thiazole rings is 1. The Labute approximate surface area is 206 Å². The lowest BCUT2D eigenvalue weighted by Gasteiger charge is -2.32. The summed E-state index contributed by atoms with van der Waals surface area (Å²) < 4.78 is 23.8.